The van der Waals surface area contributed by atoms with E-state index in [0.29, 0.717) is 12.8 Å². The van der Waals surface area contributed by atoms with Gasteiger partial charge in [0.05, 0.1) is 12.8 Å². The van der Waals surface area contributed by atoms with Crippen molar-refractivity contribution in [3.05, 3.63) is 6.20 Å². The molecule has 16 heteroatoms. The van der Waals surface area contributed by atoms with Gasteiger partial charge < -0.3 is 40.2 Å². The molecule has 65 heavy (non-hydrogen) atoms. The molecule has 0 radical (unpaired) electrons. The highest BCUT2D eigenvalue weighted by Crippen LogP contribution is 2.29. The molecule has 0 aromatic carbocycles. The van der Waals surface area contributed by atoms with Crippen LogP contribution in [0.2, 0.25) is 0 Å². The summed E-state index contributed by atoms with van der Waals surface area (Å²) in [5.74, 6) is -1.13. The monoisotopic (exact) mass is 940 g/mol. The van der Waals surface area contributed by atoms with Crippen LogP contribution in [0.4, 0.5) is 5.82 Å². The Kier molecular flexibility index (Phi) is 34.3. The number of nitrogens with zero attached hydrogens (tertiary/aromatic N) is 3. The van der Waals surface area contributed by atoms with Crippen molar-refractivity contribution in [1.82, 2.24) is 20.3 Å². The number of ether oxygens (including phenoxy) is 3. The van der Waals surface area contributed by atoms with Gasteiger partial charge in [-0.15, -0.1) is 5.10 Å². The van der Waals surface area contributed by atoms with E-state index in [1.54, 1.807) is 0 Å². The number of aliphatic hydroxyl groups is 3. The lowest BCUT2D eigenvalue weighted by atomic mass is 10.1. The lowest BCUT2D eigenvalue weighted by Crippen LogP contribution is -2.45. The van der Waals surface area contributed by atoms with Crippen LogP contribution in [-0.4, -0.2) is 109 Å². The SMILES string of the molecule is CCCCCCCCCCCC(=O)N[C@H](CSC[C@@H](COC(=O)CCCCCCCCCCC)OC(=O)CCCCCCCCCCC)C(=O)Nc1cn([C@H]2OC(CO)[C@@H](O)[C@@H]2O)nn1. The van der Waals surface area contributed by atoms with Crippen LogP contribution in [0.3, 0.4) is 0 Å². The Labute approximate surface area is 395 Å². The number of anilines is 1. The largest absolute Gasteiger partial charge is 0.462 e. The Balaban J connectivity index is 2.02. The number of amides is 2. The fourth-order valence-electron chi connectivity index (χ4n) is 7.91. The normalized spacial score (nSPS) is 18.1. The van der Waals surface area contributed by atoms with Crippen molar-refractivity contribution in [2.45, 2.75) is 250 Å². The molecule has 2 amide bonds. The molecular formula is C49H89N5O10S. The van der Waals surface area contributed by atoms with Crippen LogP contribution in [0.15, 0.2) is 6.20 Å². The van der Waals surface area contributed by atoms with Gasteiger partial charge in [0.2, 0.25) is 11.8 Å². The number of carbonyl (C=O) groups is 4. The Morgan fingerprint density at radius 1 is 0.677 bits per heavy atom. The maximum absolute atomic E-state index is 13.7. The first-order valence-electron chi connectivity index (χ1n) is 25.7. The van der Waals surface area contributed by atoms with Crippen LogP contribution in [0, 0.1) is 0 Å². The Morgan fingerprint density at radius 3 is 1.65 bits per heavy atom. The van der Waals surface area contributed by atoms with Crippen LogP contribution in [0.25, 0.3) is 0 Å². The minimum atomic E-state index is -1.39. The highest BCUT2D eigenvalue weighted by Gasteiger charge is 2.44. The summed E-state index contributed by atoms with van der Waals surface area (Å²) in [6.45, 7) is 6.02. The number of unbranched alkanes of at least 4 members (excludes halogenated alkanes) is 24. The summed E-state index contributed by atoms with van der Waals surface area (Å²) in [6.07, 6.45) is 26.9. The van der Waals surface area contributed by atoms with Crippen molar-refractivity contribution in [1.29, 1.82) is 0 Å². The molecule has 6 atom stereocenters. The Hall–Kier alpha value is -2.79. The molecule has 1 aromatic heterocycles. The van der Waals surface area contributed by atoms with Crippen LogP contribution < -0.4 is 10.6 Å². The molecule has 2 rings (SSSR count). The van der Waals surface area contributed by atoms with Crippen LogP contribution in [0.1, 0.15) is 220 Å². The fraction of sp³-hybridized carbons (Fsp3) is 0.878. The van der Waals surface area contributed by atoms with Gasteiger partial charge in [-0.25, -0.2) is 4.68 Å². The number of aliphatic hydroxyl groups excluding tert-OH is 3. The predicted molar refractivity (Wildman–Crippen MR) is 257 cm³/mol. The molecule has 0 saturated carbocycles. The fourth-order valence-corrected chi connectivity index (χ4v) is 8.95. The molecule has 1 aliphatic rings. The maximum Gasteiger partial charge on any atom is 0.306 e. The average Bonchev–Trinajstić information content (AvgIpc) is 3.87. The third-order valence-electron chi connectivity index (χ3n) is 12.0. The third-order valence-corrected chi connectivity index (χ3v) is 13.2. The topological polar surface area (TPSA) is 211 Å². The summed E-state index contributed by atoms with van der Waals surface area (Å²) in [5.41, 5.74) is 0. The van der Waals surface area contributed by atoms with Crippen LogP contribution >= 0.6 is 11.8 Å². The van der Waals surface area contributed by atoms with Gasteiger partial charge >= 0.3 is 11.9 Å². The van der Waals surface area contributed by atoms with E-state index in [-0.39, 0.29) is 54.6 Å². The van der Waals surface area contributed by atoms with Gasteiger partial charge in [-0.1, -0.05) is 180 Å². The zero-order valence-electron chi connectivity index (χ0n) is 40.5. The summed E-state index contributed by atoms with van der Waals surface area (Å²) >= 11 is 1.30. The summed E-state index contributed by atoms with van der Waals surface area (Å²) < 4.78 is 18.2. The molecule has 1 aromatic rings. The second-order valence-electron chi connectivity index (χ2n) is 18.0. The molecule has 0 bridgehead atoms. The summed E-state index contributed by atoms with van der Waals surface area (Å²) in [6, 6.07) is -1.00. The van der Waals surface area contributed by atoms with E-state index < -0.39 is 49.2 Å². The summed E-state index contributed by atoms with van der Waals surface area (Å²) in [5, 5.41) is 43.6. The first kappa shape index (κ1) is 58.3. The lowest BCUT2D eigenvalue weighted by Gasteiger charge is -2.21. The first-order valence-corrected chi connectivity index (χ1v) is 26.9. The quantitative estimate of drug-likeness (QED) is 0.0306. The van der Waals surface area contributed by atoms with Gasteiger partial charge in [0.25, 0.3) is 0 Å². The van der Waals surface area contributed by atoms with E-state index in [0.717, 1.165) is 68.9 Å². The van der Waals surface area contributed by atoms with Crippen molar-refractivity contribution in [2.24, 2.45) is 0 Å². The number of hydrogen-bond donors (Lipinski definition) is 5. The molecule has 1 fully saturated rings. The molecule has 0 aliphatic carbocycles. The van der Waals surface area contributed by atoms with Crippen molar-refractivity contribution >= 4 is 41.3 Å². The van der Waals surface area contributed by atoms with Crippen LogP contribution in [0.5, 0.6) is 0 Å². The van der Waals surface area contributed by atoms with Crippen molar-refractivity contribution in [2.75, 3.05) is 30.0 Å². The van der Waals surface area contributed by atoms with E-state index in [2.05, 4.69) is 41.7 Å². The van der Waals surface area contributed by atoms with Gasteiger partial charge in [0.15, 0.2) is 12.0 Å². The van der Waals surface area contributed by atoms with Gasteiger partial charge in [-0.3, -0.25) is 19.2 Å². The second kappa shape index (κ2) is 38.2. The van der Waals surface area contributed by atoms with E-state index in [1.807, 2.05) is 0 Å². The number of nitrogens with one attached hydrogen (secondary N) is 2. The van der Waals surface area contributed by atoms with Crippen LogP contribution in [-0.2, 0) is 33.4 Å². The Bertz CT molecular complexity index is 1390. The minimum Gasteiger partial charge on any atom is -0.462 e. The molecule has 376 valence electrons. The molecule has 2 heterocycles. The zero-order chi connectivity index (χ0) is 47.3. The van der Waals surface area contributed by atoms with Crippen molar-refractivity contribution in [3.8, 4) is 0 Å². The predicted octanol–water partition coefficient (Wildman–Crippen LogP) is 9.26. The van der Waals surface area contributed by atoms with E-state index >= 15 is 0 Å². The molecule has 5 N–H and O–H groups in total. The summed E-state index contributed by atoms with van der Waals surface area (Å²) in [4.78, 5) is 52.8. The Morgan fingerprint density at radius 2 is 1.15 bits per heavy atom. The average molecular weight is 940 g/mol. The molecule has 1 aliphatic heterocycles. The van der Waals surface area contributed by atoms with Gasteiger partial charge in [-0.05, 0) is 19.3 Å². The summed E-state index contributed by atoms with van der Waals surface area (Å²) in [7, 11) is 0. The second-order valence-corrected chi connectivity index (χ2v) is 19.1. The number of rotatable bonds is 42. The van der Waals surface area contributed by atoms with Gasteiger partial charge in [0, 0.05) is 30.8 Å². The number of thioether (sulfide) groups is 1. The van der Waals surface area contributed by atoms with Crippen molar-refractivity contribution in [3.63, 3.8) is 0 Å². The standard InChI is InChI=1S/C49H89N5O10S/c1-4-7-10-13-16-19-22-25-28-31-43(56)50-40(48(61)51-42-34-54(53-52-42)49-47(60)46(59)41(35-55)64-49)38-65-37-39(63-45(58)33-30-27-24-21-18-15-12-9-6-3)36-62-44(57)32-29-26-23-20-17-14-11-8-5-2/h34,39-41,46-47,49,55,59-60H,4-33,35-38H2,1-3H3,(H,50,56)(H,51,61)/t39-,40-,41?,46-,47+,49+/m1/s1. The number of hydrogen-bond acceptors (Lipinski definition) is 13. The number of aromatic nitrogens is 3. The molecule has 15 nitrogen and oxygen atoms in total. The minimum absolute atomic E-state index is 0.0260. The highest BCUT2D eigenvalue weighted by atomic mass is 32.2. The van der Waals surface area contributed by atoms with Crippen molar-refractivity contribution < 1.29 is 48.7 Å². The van der Waals surface area contributed by atoms with E-state index in [4.69, 9.17) is 14.2 Å². The highest BCUT2D eigenvalue weighted by molar-refractivity contribution is 7.99. The maximum atomic E-state index is 13.7. The zero-order valence-corrected chi connectivity index (χ0v) is 41.3. The van der Waals surface area contributed by atoms with E-state index in [1.165, 1.54) is 121 Å². The lowest BCUT2D eigenvalue weighted by molar-refractivity contribution is -0.157. The van der Waals surface area contributed by atoms with Gasteiger partial charge in [-0.2, -0.15) is 11.8 Å². The third kappa shape index (κ3) is 27.6. The smallest absolute Gasteiger partial charge is 0.306 e. The number of esters is 2. The molecule has 1 unspecified atom stereocenters. The molecular weight excluding hydrogens is 851 g/mol. The molecule has 1 saturated heterocycles. The van der Waals surface area contributed by atoms with Gasteiger partial charge in [0.1, 0.15) is 37.1 Å². The molecule has 0 spiro atoms. The number of carbonyl (C=O) groups excluding carboxylic acids is 4. The first-order chi connectivity index (χ1) is 31.6. The van der Waals surface area contributed by atoms with E-state index in [9.17, 15) is 34.5 Å².